The normalized spacial score (nSPS) is 12.7. The number of hydrogen-bond donors (Lipinski definition) is 5. The Kier molecular flexibility index (Phi) is 9.89. The molecule has 0 radical (unpaired) electrons. The highest BCUT2D eigenvalue weighted by molar-refractivity contribution is 7.95. The number of nitrogens with zero attached hydrogens (tertiary/aromatic N) is 1. The van der Waals surface area contributed by atoms with Gasteiger partial charge >= 0.3 is 17.7 Å². The van der Waals surface area contributed by atoms with Gasteiger partial charge in [-0.2, -0.15) is 13.2 Å². The third-order valence-electron chi connectivity index (χ3n) is 4.78. The summed E-state index contributed by atoms with van der Waals surface area (Å²) in [5, 5.41) is 9.25. The average Bonchev–Trinajstić information content (AvgIpc) is 2.84. The van der Waals surface area contributed by atoms with E-state index in [2.05, 4.69) is 10.2 Å². The summed E-state index contributed by atoms with van der Waals surface area (Å²) < 4.78 is 90.3. The van der Waals surface area contributed by atoms with Crippen LogP contribution < -0.4 is 31.6 Å². The predicted octanol–water partition coefficient (Wildman–Crippen LogP) is -0.796. The first-order valence-corrected chi connectivity index (χ1v) is 14.1. The van der Waals surface area contributed by atoms with Crippen molar-refractivity contribution in [3.8, 4) is 0 Å². The number of sulfone groups is 1. The van der Waals surface area contributed by atoms with Crippen LogP contribution in [0.15, 0.2) is 51.0 Å². The smallest absolute Gasteiger partial charge is 0.368 e. The second-order valence-electron chi connectivity index (χ2n) is 7.85. The third-order valence-corrected chi connectivity index (χ3v) is 7.49. The molecule has 0 aliphatic heterocycles. The number of alkyl halides is 3. The number of rotatable bonds is 11. The third kappa shape index (κ3) is 8.16. The first-order chi connectivity index (χ1) is 18.4. The maximum atomic E-state index is 13.0. The molecule has 1 aromatic heterocycles. The Morgan fingerprint density at radius 1 is 1.10 bits per heavy atom. The molecule has 1 unspecified atom stereocenters. The Morgan fingerprint density at radius 2 is 1.70 bits per heavy atom. The van der Waals surface area contributed by atoms with Crippen molar-refractivity contribution < 1.29 is 49.3 Å². The van der Waals surface area contributed by atoms with E-state index in [1.807, 2.05) is 5.48 Å². The molecule has 0 aliphatic rings. The molecule has 0 spiro atoms. The van der Waals surface area contributed by atoms with E-state index in [0.717, 1.165) is 37.4 Å². The number of carbonyl (C=O) groups excluding carboxylic acids is 2. The molecular formula is C20H23F3N6O9S2. The molecular weight excluding hydrogens is 589 g/mol. The topological polar surface area (TPSA) is 229 Å². The molecule has 220 valence electrons. The fraction of sp³-hybridized carbons (Fsp3) is 0.300. The minimum absolute atomic E-state index is 0.187. The van der Waals surface area contributed by atoms with Gasteiger partial charge < -0.3 is 15.9 Å². The number of hydroxylamine groups is 1. The van der Waals surface area contributed by atoms with Crippen LogP contribution >= 0.6 is 0 Å². The SMILES string of the molecule is CC(C(=O)NCCONC(=N)N)c1ccc(NS(=O)(=O)c2ccccc2S(C)(=O)=O)c(=O)n1OC(=O)C(F)(F)F. The van der Waals surface area contributed by atoms with E-state index in [-0.39, 0.29) is 17.9 Å². The lowest BCUT2D eigenvalue weighted by Crippen LogP contribution is -2.42. The Hall–Kier alpha value is -4.17. The Balaban J connectivity index is 2.49. The van der Waals surface area contributed by atoms with Crippen molar-refractivity contribution in [1.29, 1.82) is 5.41 Å². The van der Waals surface area contributed by atoms with E-state index in [4.69, 9.17) is 16.0 Å². The average molecular weight is 613 g/mol. The summed E-state index contributed by atoms with van der Waals surface area (Å²) in [6.45, 7) is 0.750. The minimum Gasteiger partial charge on any atom is -0.368 e. The fourth-order valence-electron chi connectivity index (χ4n) is 2.98. The molecule has 0 saturated carbocycles. The van der Waals surface area contributed by atoms with Crippen LogP contribution in [0.4, 0.5) is 18.9 Å². The largest absolute Gasteiger partial charge is 0.493 e. The Labute approximate surface area is 224 Å². The van der Waals surface area contributed by atoms with Gasteiger partial charge in [0.2, 0.25) is 11.9 Å². The molecule has 40 heavy (non-hydrogen) atoms. The molecule has 1 aromatic carbocycles. The van der Waals surface area contributed by atoms with Gasteiger partial charge in [-0.15, -0.1) is 4.73 Å². The minimum atomic E-state index is -5.58. The molecule has 1 heterocycles. The first kappa shape index (κ1) is 32.0. The summed E-state index contributed by atoms with van der Waals surface area (Å²) in [4.78, 5) is 44.6. The van der Waals surface area contributed by atoms with E-state index >= 15 is 0 Å². The standard InChI is InChI=1S/C20H23F3N6O9S2/c1-11(16(30)26-9-10-37-27-19(24)25)13-8-7-12(17(31)29(13)38-18(32)20(21,22)23)28-40(35,36)15-6-4-3-5-14(15)39(2,33)34/h3-8,11,28H,9-10H2,1-2H3,(H,26,30)(H4,24,25,27). The van der Waals surface area contributed by atoms with Gasteiger partial charge in [-0.25, -0.2) is 27.1 Å². The number of nitrogens with one attached hydrogen (secondary N) is 4. The van der Waals surface area contributed by atoms with E-state index in [1.54, 1.807) is 4.72 Å². The molecule has 2 rings (SSSR count). The monoisotopic (exact) mass is 612 g/mol. The van der Waals surface area contributed by atoms with Crippen LogP contribution in [0.25, 0.3) is 0 Å². The first-order valence-electron chi connectivity index (χ1n) is 10.7. The zero-order valence-corrected chi connectivity index (χ0v) is 22.2. The number of benzene rings is 1. The number of nitrogens with two attached hydrogens (primary N) is 1. The van der Waals surface area contributed by atoms with Gasteiger partial charge in [0, 0.05) is 12.8 Å². The number of anilines is 1. The van der Waals surface area contributed by atoms with Gasteiger partial charge in [-0.3, -0.25) is 24.6 Å². The van der Waals surface area contributed by atoms with Crippen LogP contribution in [0.5, 0.6) is 0 Å². The lowest BCUT2D eigenvalue weighted by Gasteiger charge is -2.19. The van der Waals surface area contributed by atoms with E-state index in [0.29, 0.717) is 0 Å². The predicted molar refractivity (Wildman–Crippen MR) is 131 cm³/mol. The van der Waals surface area contributed by atoms with Crippen LogP contribution in [0, 0.1) is 5.41 Å². The molecule has 20 heteroatoms. The molecule has 0 aliphatic carbocycles. The van der Waals surface area contributed by atoms with Crippen LogP contribution in [0.1, 0.15) is 18.5 Å². The van der Waals surface area contributed by atoms with Crippen LogP contribution in [-0.4, -0.2) is 65.0 Å². The lowest BCUT2D eigenvalue weighted by atomic mass is 10.1. The number of sulfonamides is 1. The number of aromatic nitrogens is 1. The van der Waals surface area contributed by atoms with Crippen molar-refractivity contribution in [1.82, 2.24) is 15.5 Å². The highest BCUT2D eigenvalue weighted by Crippen LogP contribution is 2.24. The second-order valence-corrected chi connectivity index (χ2v) is 11.5. The van der Waals surface area contributed by atoms with Crippen molar-refractivity contribution in [2.24, 2.45) is 5.73 Å². The molecule has 0 saturated heterocycles. The summed E-state index contributed by atoms with van der Waals surface area (Å²) >= 11 is 0. The molecule has 1 amide bonds. The maximum absolute atomic E-state index is 13.0. The summed E-state index contributed by atoms with van der Waals surface area (Å²) in [7, 11) is -8.90. The van der Waals surface area contributed by atoms with Crippen molar-refractivity contribution in [3.63, 3.8) is 0 Å². The van der Waals surface area contributed by atoms with Crippen molar-refractivity contribution in [2.45, 2.75) is 28.8 Å². The zero-order chi connectivity index (χ0) is 30.5. The van der Waals surface area contributed by atoms with Crippen molar-refractivity contribution >= 4 is 43.4 Å². The zero-order valence-electron chi connectivity index (χ0n) is 20.6. The fourth-order valence-corrected chi connectivity index (χ4v) is 5.67. The highest BCUT2D eigenvalue weighted by Gasteiger charge is 2.43. The van der Waals surface area contributed by atoms with E-state index in [9.17, 15) is 44.4 Å². The van der Waals surface area contributed by atoms with Gasteiger partial charge in [0.1, 0.15) is 10.6 Å². The van der Waals surface area contributed by atoms with Gasteiger partial charge in [-0.05, 0) is 31.2 Å². The summed E-state index contributed by atoms with van der Waals surface area (Å²) in [5.74, 6) is -5.69. The maximum Gasteiger partial charge on any atom is 0.493 e. The molecule has 2 aromatic rings. The summed E-state index contributed by atoms with van der Waals surface area (Å²) in [6.07, 6.45) is -4.84. The lowest BCUT2D eigenvalue weighted by molar-refractivity contribution is -0.200. The van der Waals surface area contributed by atoms with Gasteiger partial charge in [-0.1, -0.05) is 12.1 Å². The van der Waals surface area contributed by atoms with E-state index < -0.39 is 76.5 Å². The van der Waals surface area contributed by atoms with E-state index in [1.165, 1.54) is 12.1 Å². The number of guanidine groups is 1. The van der Waals surface area contributed by atoms with Crippen LogP contribution in [0.2, 0.25) is 0 Å². The number of amides is 1. The number of hydrogen-bond acceptors (Lipinski definition) is 10. The van der Waals surface area contributed by atoms with Gasteiger partial charge in [0.05, 0.1) is 23.1 Å². The molecule has 0 bridgehead atoms. The summed E-state index contributed by atoms with van der Waals surface area (Å²) in [6, 6.07) is 5.97. The van der Waals surface area contributed by atoms with Crippen LogP contribution in [0.3, 0.4) is 0 Å². The second kappa shape index (κ2) is 12.3. The number of carbonyl (C=O) groups is 2. The molecule has 0 fully saturated rings. The van der Waals surface area contributed by atoms with Crippen molar-refractivity contribution in [2.75, 3.05) is 24.1 Å². The van der Waals surface area contributed by atoms with Gasteiger partial charge in [0.25, 0.3) is 10.0 Å². The van der Waals surface area contributed by atoms with Crippen LogP contribution in [-0.2, 0) is 34.3 Å². The molecule has 6 N–H and O–H groups in total. The quantitative estimate of drug-likeness (QED) is 0.0913. The van der Waals surface area contributed by atoms with Gasteiger partial charge in [0.15, 0.2) is 9.84 Å². The van der Waals surface area contributed by atoms with Crippen molar-refractivity contribution in [3.05, 3.63) is 52.4 Å². The number of halogens is 3. The molecule has 1 atom stereocenters. The number of pyridine rings is 1. The highest BCUT2D eigenvalue weighted by atomic mass is 32.2. The Morgan fingerprint density at radius 3 is 2.25 bits per heavy atom. The Bertz CT molecular complexity index is 1570. The molecule has 15 nitrogen and oxygen atoms in total. The summed E-state index contributed by atoms with van der Waals surface area (Å²) in [5.41, 5.74) is 3.86.